The minimum Gasteiger partial charge on any atom is -0.444 e. The van der Waals surface area contributed by atoms with Crippen LogP contribution in [-0.4, -0.2) is 71.2 Å². The first-order valence-corrected chi connectivity index (χ1v) is 9.47. The van der Waals surface area contributed by atoms with E-state index in [1.54, 1.807) is 6.20 Å². The zero-order valence-electron chi connectivity index (χ0n) is 16.4. The number of pyridine rings is 1. The van der Waals surface area contributed by atoms with Crippen molar-refractivity contribution in [1.29, 1.82) is 0 Å². The van der Waals surface area contributed by atoms with E-state index in [0.717, 1.165) is 31.7 Å². The molecule has 2 fully saturated rings. The Morgan fingerprint density at radius 2 is 1.93 bits per heavy atom. The maximum Gasteiger partial charge on any atom is 0.410 e. The molecule has 2 aliphatic heterocycles. The number of hydrogen-bond acceptors (Lipinski definition) is 6. The molecule has 0 aromatic carbocycles. The average Bonchev–Trinajstić information content (AvgIpc) is 2.61. The molecule has 148 valence electrons. The van der Waals surface area contributed by atoms with Crippen LogP contribution in [0.5, 0.6) is 0 Å². The summed E-state index contributed by atoms with van der Waals surface area (Å²) < 4.78 is 5.37. The SMILES string of the molecule is CC(C)(C)OC(=O)N1CCN(C2CCN(c3ncccc3N)CC2)C(=O)C1. The molecular formula is C19H29N5O3. The van der Waals surface area contributed by atoms with Crippen LogP contribution in [0.1, 0.15) is 33.6 Å². The van der Waals surface area contributed by atoms with E-state index in [9.17, 15) is 9.59 Å². The summed E-state index contributed by atoms with van der Waals surface area (Å²) in [5.74, 6) is 0.805. The maximum atomic E-state index is 12.6. The van der Waals surface area contributed by atoms with Crippen LogP contribution < -0.4 is 10.6 Å². The number of piperidine rings is 1. The highest BCUT2D eigenvalue weighted by atomic mass is 16.6. The number of nitrogens with zero attached hydrogens (tertiary/aromatic N) is 4. The molecule has 0 saturated carbocycles. The highest BCUT2D eigenvalue weighted by Gasteiger charge is 2.35. The average molecular weight is 375 g/mol. The van der Waals surface area contributed by atoms with Crippen molar-refractivity contribution in [2.75, 3.05) is 43.4 Å². The van der Waals surface area contributed by atoms with Crippen LogP contribution in [0.4, 0.5) is 16.3 Å². The van der Waals surface area contributed by atoms with Gasteiger partial charge in [-0.3, -0.25) is 9.69 Å². The van der Waals surface area contributed by atoms with Gasteiger partial charge < -0.3 is 20.3 Å². The Kier molecular flexibility index (Phi) is 5.43. The van der Waals surface area contributed by atoms with E-state index in [2.05, 4.69) is 9.88 Å². The second-order valence-electron chi connectivity index (χ2n) is 8.12. The van der Waals surface area contributed by atoms with Gasteiger partial charge in [-0.1, -0.05) is 0 Å². The molecule has 0 unspecified atom stereocenters. The lowest BCUT2D eigenvalue weighted by Crippen LogP contribution is -2.57. The van der Waals surface area contributed by atoms with Crippen molar-refractivity contribution in [3.8, 4) is 0 Å². The van der Waals surface area contributed by atoms with Crippen LogP contribution in [0.2, 0.25) is 0 Å². The van der Waals surface area contributed by atoms with Crippen molar-refractivity contribution in [1.82, 2.24) is 14.8 Å². The van der Waals surface area contributed by atoms with Gasteiger partial charge in [0.1, 0.15) is 12.1 Å². The number of nitrogen functional groups attached to an aromatic ring is 1. The lowest BCUT2D eigenvalue weighted by atomic mass is 10.0. The predicted molar refractivity (Wildman–Crippen MR) is 103 cm³/mol. The number of carbonyl (C=O) groups excluding carboxylic acids is 2. The Balaban J connectivity index is 1.53. The predicted octanol–water partition coefficient (Wildman–Crippen LogP) is 1.71. The molecule has 0 aliphatic carbocycles. The van der Waals surface area contributed by atoms with Gasteiger partial charge in [-0.15, -0.1) is 0 Å². The smallest absolute Gasteiger partial charge is 0.410 e. The van der Waals surface area contributed by atoms with Gasteiger partial charge in [0.2, 0.25) is 5.91 Å². The van der Waals surface area contributed by atoms with E-state index >= 15 is 0 Å². The van der Waals surface area contributed by atoms with Crippen LogP contribution in [0.25, 0.3) is 0 Å². The van der Waals surface area contributed by atoms with E-state index in [0.29, 0.717) is 18.8 Å². The zero-order valence-corrected chi connectivity index (χ0v) is 16.4. The van der Waals surface area contributed by atoms with Gasteiger partial charge in [0.25, 0.3) is 0 Å². The number of ether oxygens (including phenoxy) is 1. The molecule has 2 saturated heterocycles. The largest absolute Gasteiger partial charge is 0.444 e. The van der Waals surface area contributed by atoms with E-state index in [1.165, 1.54) is 4.90 Å². The van der Waals surface area contributed by atoms with Crippen LogP contribution >= 0.6 is 0 Å². The van der Waals surface area contributed by atoms with Crippen LogP contribution in [0.3, 0.4) is 0 Å². The summed E-state index contributed by atoms with van der Waals surface area (Å²) in [6.45, 7) is 8.24. The second kappa shape index (κ2) is 7.62. The lowest BCUT2D eigenvalue weighted by Gasteiger charge is -2.43. The standard InChI is InChI=1S/C19H29N5O3/c1-19(2,3)27-18(26)23-11-12-24(16(25)13-23)14-6-9-22(10-7-14)17-15(20)5-4-8-21-17/h4-5,8,14H,6-7,9-13,20H2,1-3H3. The Hall–Kier alpha value is -2.51. The monoisotopic (exact) mass is 375 g/mol. The van der Waals surface area contributed by atoms with Crippen LogP contribution in [0, 0.1) is 0 Å². The molecule has 0 bridgehead atoms. The first kappa shape index (κ1) is 19.3. The van der Waals surface area contributed by atoms with Gasteiger partial charge in [0.15, 0.2) is 5.82 Å². The third-order valence-electron chi connectivity index (χ3n) is 4.93. The van der Waals surface area contributed by atoms with Gasteiger partial charge in [-0.25, -0.2) is 9.78 Å². The number of rotatable bonds is 2. The number of hydrogen-bond donors (Lipinski definition) is 1. The van der Waals surface area contributed by atoms with Crippen LogP contribution in [0.15, 0.2) is 18.3 Å². The first-order valence-electron chi connectivity index (χ1n) is 9.47. The Morgan fingerprint density at radius 1 is 1.22 bits per heavy atom. The minimum absolute atomic E-state index is 0.0112. The van der Waals surface area contributed by atoms with Crippen molar-refractivity contribution >= 4 is 23.5 Å². The molecule has 1 aromatic heterocycles. The van der Waals surface area contributed by atoms with E-state index in [-0.39, 0.29) is 18.5 Å². The fourth-order valence-corrected chi connectivity index (χ4v) is 3.62. The number of piperazine rings is 1. The van der Waals surface area contributed by atoms with E-state index in [4.69, 9.17) is 10.5 Å². The Morgan fingerprint density at radius 3 is 2.52 bits per heavy atom. The summed E-state index contributed by atoms with van der Waals surface area (Å²) in [5.41, 5.74) is 6.14. The number of carbonyl (C=O) groups is 2. The Labute approximate surface area is 160 Å². The molecule has 0 atom stereocenters. The third kappa shape index (κ3) is 4.61. The number of aromatic nitrogens is 1. The molecule has 2 aliphatic rings. The minimum atomic E-state index is -0.558. The number of amides is 2. The lowest BCUT2D eigenvalue weighted by molar-refractivity contribution is -0.139. The topological polar surface area (TPSA) is 92.0 Å². The van der Waals surface area contributed by atoms with Gasteiger partial charge in [-0.2, -0.15) is 0 Å². The van der Waals surface area contributed by atoms with Gasteiger partial charge in [0, 0.05) is 38.4 Å². The zero-order chi connectivity index (χ0) is 19.6. The summed E-state index contributed by atoms with van der Waals surface area (Å²) in [7, 11) is 0. The summed E-state index contributed by atoms with van der Waals surface area (Å²) in [4.78, 5) is 34.8. The summed E-state index contributed by atoms with van der Waals surface area (Å²) in [6, 6.07) is 3.88. The normalized spacial score (nSPS) is 19.4. The maximum absolute atomic E-state index is 12.6. The molecule has 0 radical (unpaired) electrons. The Bertz CT molecular complexity index is 695. The van der Waals surface area contributed by atoms with Gasteiger partial charge in [0.05, 0.1) is 5.69 Å². The molecule has 1 aromatic rings. The molecule has 3 heterocycles. The molecule has 2 N–H and O–H groups in total. The molecule has 27 heavy (non-hydrogen) atoms. The number of anilines is 2. The summed E-state index contributed by atoms with van der Waals surface area (Å²) >= 11 is 0. The fourth-order valence-electron chi connectivity index (χ4n) is 3.62. The molecule has 2 amide bonds. The summed E-state index contributed by atoms with van der Waals surface area (Å²) in [5, 5.41) is 0. The van der Waals surface area contributed by atoms with Crippen molar-refractivity contribution in [2.45, 2.75) is 45.3 Å². The van der Waals surface area contributed by atoms with Crippen molar-refractivity contribution in [3.05, 3.63) is 18.3 Å². The van der Waals surface area contributed by atoms with E-state index in [1.807, 2.05) is 37.8 Å². The quantitative estimate of drug-likeness (QED) is 0.846. The van der Waals surface area contributed by atoms with Crippen molar-refractivity contribution in [3.63, 3.8) is 0 Å². The highest BCUT2D eigenvalue weighted by molar-refractivity contribution is 5.84. The molecular weight excluding hydrogens is 346 g/mol. The second-order valence-corrected chi connectivity index (χ2v) is 8.12. The van der Waals surface area contributed by atoms with E-state index < -0.39 is 11.7 Å². The molecule has 8 nitrogen and oxygen atoms in total. The van der Waals surface area contributed by atoms with Crippen molar-refractivity contribution in [2.24, 2.45) is 0 Å². The molecule has 3 rings (SSSR count). The molecule has 0 spiro atoms. The van der Waals surface area contributed by atoms with Crippen molar-refractivity contribution < 1.29 is 14.3 Å². The molecule has 8 heteroatoms. The van der Waals surface area contributed by atoms with Gasteiger partial charge >= 0.3 is 6.09 Å². The fraction of sp³-hybridized carbons (Fsp3) is 0.632. The highest BCUT2D eigenvalue weighted by Crippen LogP contribution is 2.26. The third-order valence-corrected chi connectivity index (χ3v) is 4.93. The van der Waals surface area contributed by atoms with Gasteiger partial charge in [-0.05, 0) is 45.7 Å². The first-order chi connectivity index (χ1) is 12.7. The summed E-state index contributed by atoms with van der Waals surface area (Å²) in [6.07, 6.45) is 3.07. The number of nitrogens with two attached hydrogens (primary N) is 1. The van der Waals surface area contributed by atoms with Crippen LogP contribution in [-0.2, 0) is 9.53 Å².